The molecule has 0 saturated heterocycles. The van der Waals surface area contributed by atoms with Crippen LogP contribution in [0.25, 0.3) is 0 Å². The molecule has 0 bridgehead atoms. The maximum atomic E-state index is 10.0. The molecule has 2 N–H and O–H groups in total. The highest BCUT2D eigenvalue weighted by molar-refractivity contribution is 7.64. The van der Waals surface area contributed by atoms with Crippen LogP contribution >= 0.6 is 7.72 Å². The van der Waals surface area contributed by atoms with Crippen LogP contribution in [-0.4, -0.2) is 29.4 Å². The first kappa shape index (κ1) is 13.4. The van der Waals surface area contributed by atoms with Gasteiger partial charge in [0.15, 0.2) is 0 Å². The molecule has 0 saturated carbocycles. The number of hydrogen-bond acceptors (Lipinski definition) is 3. The van der Waals surface area contributed by atoms with Gasteiger partial charge in [-0.05, 0) is 24.6 Å². The molecular formula is C12H20O3P+. The molecule has 90 valence electrons. The molecule has 0 heterocycles. The lowest BCUT2D eigenvalue weighted by Crippen LogP contribution is -2.07. The highest BCUT2D eigenvalue weighted by atomic mass is 31.2. The summed E-state index contributed by atoms with van der Waals surface area (Å²) in [7, 11) is -2.26. The molecule has 0 aromatic heterocycles. The van der Waals surface area contributed by atoms with Crippen molar-refractivity contribution in [3.8, 4) is 5.75 Å². The molecule has 2 atom stereocenters. The summed E-state index contributed by atoms with van der Waals surface area (Å²) in [4.78, 5) is 10.0. The zero-order valence-electron chi connectivity index (χ0n) is 10.1. The Bertz CT molecular complexity index is 339. The fourth-order valence-corrected chi connectivity index (χ4v) is 3.66. The van der Waals surface area contributed by atoms with Crippen molar-refractivity contribution in [2.75, 3.05) is 19.4 Å². The molecule has 0 radical (unpaired) electrons. The number of rotatable bonds is 5. The van der Waals surface area contributed by atoms with E-state index in [1.54, 1.807) is 18.8 Å². The van der Waals surface area contributed by atoms with Crippen molar-refractivity contribution in [1.29, 1.82) is 0 Å². The predicted octanol–water partition coefficient (Wildman–Crippen LogP) is 3.00. The molecule has 4 heteroatoms. The van der Waals surface area contributed by atoms with Crippen molar-refractivity contribution >= 4 is 7.72 Å². The predicted molar refractivity (Wildman–Crippen MR) is 68.1 cm³/mol. The van der Waals surface area contributed by atoms with Crippen LogP contribution in [-0.2, 0) is 4.52 Å². The number of benzene rings is 1. The zero-order chi connectivity index (χ0) is 12.2. The Labute approximate surface area is 97.6 Å². The lowest BCUT2D eigenvalue weighted by atomic mass is 10.0. The molecule has 1 unspecified atom stereocenters. The first-order valence-electron chi connectivity index (χ1n) is 5.46. The minimum atomic E-state index is -2.26. The Morgan fingerprint density at radius 3 is 2.69 bits per heavy atom. The van der Waals surface area contributed by atoms with Gasteiger partial charge in [-0.1, -0.05) is 19.1 Å². The van der Waals surface area contributed by atoms with Crippen molar-refractivity contribution < 1.29 is 14.5 Å². The highest BCUT2D eigenvalue weighted by Crippen LogP contribution is 2.54. The van der Waals surface area contributed by atoms with Crippen LogP contribution in [0.3, 0.4) is 0 Å². The Hall–Kier alpha value is -0.630. The van der Waals surface area contributed by atoms with Crippen molar-refractivity contribution in [3.63, 3.8) is 0 Å². The third-order valence-electron chi connectivity index (χ3n) is 2.46. The van der Waals surface area contributed by atoms with Gasteiger partial charge >= 0.3 is 0 Å². The molecule has 1 aromatic carbocycles. The van der Waals surface area contributed by atoms with E-state index in [-0.39, 0.29) is 11.7 Å². The van der Waals surface area contributed by atoms with Gasteiger partial charge in [-0.15, -0.1) is 0 Å². The van der Waals surface area contributed by atoms with Gasteiger partial charge < -0.3 is 5.11 Å². The van der Waals surface area contributed by atoms with Gasteiger partial charge in [-0.25, -0.2) is 9.42 Å². The largest absolute Gasteiger partial charge is 0.508 e. The summed E-state index contributed by atoms with van der Waals surface area (Å²) in [6.45, 7) is 6.22. The van der Waals surface area contributed by atoms with Gasteiger partial charge in [0.25, 0.3) is 7.72 Å². The van der Waals surface area contributed by atoms with E-state index in [4.69, 9.17) is 4.52 Å². The quantitative estimate of drug-likeness (QED) is 0.781. The zero-order valence-corrected chi connectivity index (χ0v) is 10.9. The second-order valence-corrected chi connectivity index (χ2v) is 6.87. The fraction of sp³-hybridized carbons (Fsp3) is 0.500. The normalized spacial score (nSPS) is 16.8. The van der Waals surface area contributed by atoms with Crippen LogP contribution in [0.1, 0.15) is 25.3 Å². The van der Waals surface area contributed by atoms with E-state index in [0.29, 0.717) is 12.8 Å². The second kappa shape index (κ2) is 5.62. The van der Waals surface area contributed by atoms with E-state index in [0.717, 1.165) is 5.56 Å². The maximum Gasteiger partial charge on any atom is 0.269 e. The number of aromatic hydroxyl groups is 1. The summed E-state index contributed by atoms with van der Waals surface area (Å²) in [5, 5.41) is 9.38. The average Bonchev–Trinajstić information content (AvgIpc) is 2.16. The summed E-state index contributed by atoms with van der Waals surface area (Å²) in [5.41, 5.74) is 1.03. The Morgan fingerprint density at radius 2 is 2.12 bits per heavy atom. The van der Waals surface area contributed by atoms with E-state index in [1.807, 2.05) is 26.0 Å². The van der Waals surface area contributed by atoms with Gasteiger partial charge in [-0.3, -0.25) is 0 Å². The number of hydrogen-bond donors (Lipinski definition) is 2. The van der Waals surface area contributed by atoms with Crippen LogP contribution in [0, 0.1) is 0 Å². The molecule has 0 aliphatic carbocycles. The van der Waals surface area contributed by atoms with Crippen LogP contribution in [0.2, 0.25) is 0 Å². The molecular weight excluding hydrogens is 223 g/mol. The van der Waals surface area contributed by atoms with Gasteiger partial charge in [0.2, 0.25) is 0 Å². The minimum Gasteiger partial charge on any atom is -0.508 e. The summed E-state index contributed by atoms with van der Waals surface area (Å²) in [5.74, 6) is 0.445. The molecule has 0 fully saturated rings. The highest BCUT2D eigenvalue weighted by Gasteiger charge is 2.33. The molecule has 16 heavy (non-hydrogen) atoms. The average molecular weight is 243 g/mol. The van der Waals surface area contributed by atoms with Crippen LogP contribution in [0.5, 0.6) is 5.75 Å². The van der Waals surface area contributed by atoms with Gasteiger partial charge in [0, 0.05) is 5.92 Å². The monoisotopic (exact) mass is 243 g/mol. The van der Waals surface area contributed by atoms with Crippen LogP contribution < -0.4 is 0 Å². The first-order valence-corrected chi connectivity index (χ1v) is 7.75. The molecule has 0 spiro atoms. The lowest BCUT2D eigenvalue weighted by Gasteiger charge is -2.18. The standard InChI is InChI=1S/C12H19O3P/c1-4-15-16(3,14)9-10(2)11-6-5-7-12(13)8-11/h5-8,10,14H,4,9H2,1-3H3/p+1/t10-,16?/m0/s1. The molecule has 0 aliphatic rings. The van der Waals surface area contributed by atoms with E-state index in [9.17, 15) is 10.00 Å². The van der Waals surface area contributed by atoms with Crippen LogP contribution in [0.15, 0.2) is 24.3 Å². The van der Waals surface area contributed by atoms with Crippen molar-refractivity contribution in [2.45, 2.75) is 19.8 Å². The Balaban J connectivity index is 2.68. The third-order valence-corrected chi connectivity index (χ3v) is 4.50. The Morgan fingerprint density at radius 1 is 1.44 bits per heavy atom. The summed E-state index contributed by atoms with van der Waals surface area (Å²) in [6, 6.07) is 7.15. The van der Waals surface area contributed by atoms with Gasteiger partial charge in [-0.2, -0.15) is 0 Å². The summed E-state index contributed by atoms with van der Waals surface area (Å²) in [6.07, 6.45) is 0.615. The van der Waals surface area contributed by atoms with E-state index >= 15 is 0 Å². The van der Waals surface area contributed by atoms with Gasteiger partial charge in [0.05, 0.1) is 6.61 Å². The van der Waals surface area contributed by atoms with E-state index in [1.165, 1.54) is 0 Å². The van der Waals surface area contributed by atoms with Crippen molar-refractivity contribution in [1.82, 2.24) is 0 Å². The molecule has 1 rings (SSSR count). The molecule has 3 nitrogen and oxygen atoms in total. The number of phenolic OH excluding ortho intramolecular Hbond substituents is 1. The number of phenols is 1. The van der Waals surface area contributed by atoms with Crippen molar-refractivity contribution in [2.24, 2.45) is 0 Å². The molecule has 1 aromatic rings. The smallest absolute Gasteiger partial charge is 0.269 e. The maximum absolute atomic E-state index is 10.0. The first-order chi connectivity index (χ1) is 7.44. The topological polar surface area (TPSA) is 49.7 Å². The molecule has 0 aliphatic heterocycles. The molecule has 0 amide bonds. The van der Waals surface area contributed by atoms with Crippen LogP contribution in [0.4, 0.5) is 0 Å². The third kappa shape index (κ3) is 4.09. The van der Waals surface area contributed by atoms with E-state index in [2.05, 4.69) is 0 Å². The SMILES string of the molecule is CCO[P+](C)(O)C[C@H](C)c1cccc(O)c1. The Kier molecular flexibility index (Phi) is 4.72. The summed E-state index contributed by atoms with van der Waals surface area (Å²) < 4.78 is 5.36. The minimum absolute atomic E-state index is 0.182. The lowest BCUT2D eigenvalue weighted by molar-refractivity contribution is 0.311. The van der Waals surface area contributed by atoms with Gasteiger partial charge in [0.1, 0.15) is 18.6 Å². The second-order valence-electron chi connectivity index (χ2n) is 4.15. The summed E-state index contributed by atoms with van der Waals surface area (Å²) >= 11 is 0. The van der Waals surface area contributed by atoms with Crippen molar-refractivity contribution in [3.05, 3.63) is 29.8 Å². The van der Waals surface area contributed by atoms with E-state index < -0.39 is 7.72 Å². The fourth-order valence-electron chi connectivity index (χ4n) is 1.78.